The molecule has 0 aromatic heterocycles. The van der Waals surface area contributed by atoms with Gasteiger partial charge in [0, 0.05) is 25.7 Å². The summed E-state index contributed by atoms with van der Waals surface area (Å²) in [6.07, 6.45) is 13.5. The Morgan fingerprint density at radius 2 is 1.65 bits per heavy atom. The van der Waals surface area contributed by atoms with Crippen molar-refractivity contribution in [2.24, 2.45) is 0 Å². The molecule has 40 heavy (non-hydrogen) atoms. The Kier molecular flexibility index (Phi) is 10.8. The summed E-state index contributed by atoms with van der Waals surface area (Å²) in [5.74, 6) is 2.18. The van der Waals surface area contributed by atoms with Crippen molar-refractivity contribution in [1.82, 2.24) is 4.90 Å². The fraction of sp³-hybridized carbons (Fsp3) is 0.306. The van der Waals surface area contributed by atoms with E-state index in [9.17, 15) is 4.79 Å². The highest BCUT2D eigenvalue weighted by Crippen LogP contribution is 2.26. The molecule has 0 bridgehead atoms. The Morgan fingerprint density at radius 3 is 2.30 bits per heavy atom. The van der Waals surface area contributed by atoms with Crippen LogP contribution in [0.3, 0.4) is 0 Å². The second kappa shape index (κ2) is 14.2. The van der Waals surface area contributed by atoms with E-state index in [1.807, 2.05) is 12.1 Å². The van der Waals surface area contributed by atoms with Gasteiger partial charge >= 0.3 is 5.97 Å². The summed E-state index contributed by atoms with van der Waals surface area (Å²) >= 11 is 0. The summed E-state index contributed by atoms with van der Waals surface area (Å²) < 4.78 is 5.41. The van der Waals surface area contributed by atoms with Crippen molar-refractivity contribution in [2.45, 2.75) is 65.5 Å². The molecule has 0 radical (unpaired) electrons. The molecule has 1 N–H and O–H groups in total. The predicted molar refractivity (Wildman–Crippen MR) is 165 cm³/mol. The molecule has 0 fully saturated rings. The number of aliphatic carboxylic acids is 1. The van der Waals surface area contributed by atoms with Gasteiger partial charge in [-0.3, -0.25) is 0 Å². The van der Waals surface area contributed by atoms with E-state index in [1.54, 1.807) is 12.1 Å². The SMILES string of the molecule is C#CCCCc1ccc(OC(C)(C)C(=O)O)cc1.CC1=CCc2ccccc2C=C1N(C)Cc1ccc(C)cc1. The Hall–Kier alpha value is -4.23. The molecule has 0 heterocycles. The number of benzene rings is 3. The van der Waals surface area contributed by atoms with Gasteiger partial charge in [-0.15, -0.1) is 12.3 Å². The molecule has 0 amide bonds. The first-order valence-corrected chi connectivity index (χ1v) is 13.8. The number of hydrogen-bond acceptors (Lipinski definition) is 3. The Labute approximate surface area is 240 Å². The fourth-order valence-corrected chi connectivity index (χ4v) is 4.41. The molecule has 4 nitrogen and oxygen atoms in total. The van der Waals surface area contributed by atoms with Crippen molar-refractivity contribution >= 4 is 12.0 Å². The molecule has 0 unspecified atom stereocenters. The zero-order chi connectivity index (χ0) is 29.1. The third-order valence-corrected chi connectivity index (χ3v) is 6.93. The van der Waals surface area contributed by atoms with E-state index < -0.39 is 11.6 Å². The summed E-state index contributed by atoms with van der Waals surface area (Å²) in [5, 5.41) is 8.96. The highest BCUT2D eigenvalue weighted by Gasteiger charge is 2.29. The molecule has 4 heteroatoms. The van der Waals surface area contributed by atoms with Crippen LogP contribution in [0.25, 0.3) is 6.08 Å². The van der Waals surface area contributed by atoms with E-state index in [4.69, 9.17) is 16.3 Å². The second-order valence-electron chi connectivity index (χ2n) is 10.8. The lowest BCUT2D eigenvalue weighted by atomic mass is 10.1. The van der Waals surface area contributed by atoms with Crippen LogP contribution in [0.1, 0.15) is 61.4 Å². The van der Waals surface area contributed by atoms with Gasteiger partial charge in [-0.1, -0.05) is 72.3 Å². The first-order valence-electron chi connectivity index (χ1n) is 13.8. The Morgan fingerprint density at radius 1 is 1.00 bits per heavy atom. The van der Waals surface area contributed by atoms with Gasteiger partial charge in [0.05, 0.1) is 0 Å². The zero-order valence-electron chi connectivity index (χ0n) is 24.4. The topological polar surface area (TPSA) is 49.8 Å². The summed E-state index contributed by atoms with van der Waals surface area (Å²) in [6.45, 7) is 8.32. The number of likely N-dealkylation sites (N-methyl/N-ethyl adjacent to an activating group) is 1. The molecule has 0 saturated carbocycles. The van der Waals surface area contributed by atoms with Crippen LogP contribution >= 0.6 is 0 Å². The van der Waals surface area contributed by atoms with Crippen LogP contribution in [0, 0.1) is 19.3 Å². The number of carboxylic acids is 1. The van der Waals surface area contributed by atoms with Crippen LogP contribution in [0.15, 0.2) is 90.1 Å². The molecule has 3 aromatic carbocycles. The van der Waals surface area contributed by atoms with Crippen molar-refractivity contribution in [3.63, 3.8) is 0 Å². The smallest absolute Gasteiger partial charge is 0.347 e. The molecular formula is C36H41NO3. The number of nitrogens with zero attached hydrogens (tertiary/aromatic N) is 1. The molecule has 0 spiro atoms. The van der Waals surface area contributed by atoms with Crippen LogP contribution in [0.4, 0.5) is 0 Å². The van der Waals surface area contributed by atoms with Crippen molar-refractivity contribution < 1.29 is 14.6 Å². The van der Waals surface area contributed by atoms with Gasteiger partial charge in [0.1, 0.15) is 5.75 Å². The molecule has 0 saturated heterocycles. The summed E-state index contributed by atoms with van der Waals surface area (Å²) in [5.41, 5.74) is 8.01. The average molecular weight is 536 g/mol. The molecule has 1 aliphatic rings. The van der Waals surface area contributed by atoms with Gasteiger partial charge in [-0.05, 0) is 93.0 Å². The van der Waals surface area contributed by atoms with E-state index in [0.29, 0.717) is 5.75 Å². The average Bonchev–Trinajstić information content (AvgIpc) is 3.10. The number of allylic oxidation sites excluding steroid dienone is 2. The van der Waals surface area contributed by atoms with Gasteiger partial charge in [0.15, 0.2) is 5.60 Å². The number of carbonyl (C=O) groups is 1. The minimum Gasteiger partial charge on any atom is -0.478 e. The number of carboxylic acid groups (broad SMARTS) is 1. The molecular weight excluding hydrogens is 494 g/mol. The third-order valence-electron chi connectivity index (χ3n) is 6.93. The van der Waals surface area contributed by atoms with Crippen molar-refractivity contribution in [2.75, 3.05) is 7.05 Å². The van der Waals surface area contributed by atoms with Crippen LogP contribution in [0.2, 0.25) is 0 Å². The first-order chi connectivity index (χ1) is 19.1. The number of aryl methyl sites for hydroxylation is 2. The lowest BCUT2D eigenvalue weighted by Gasteiger charge is -2.23. The monoisotopic (exact) mass is 535 g/mol. The van der Waals surface area contributed by atoms with Crippen LogP contribution in [0.5, 0.6) is 5.75 Å². The van der Waals surface area contributed by atoms with E-state index in [1.165, 1.54) is 52.9 Å². The van der Waals surface area contributed by atoms with E-state index in [0.717, 1.165) is 32.2 Å². The van der Waals surface area contributed by atoms with Gasteiger partial charge in [-0.25, -0.2) is 4.79 Å². The van der Waals surface area contributed by atoms with E-state index >= 15 is 0 Å². The fourth-order valence-electron chi connectivity index (χ4n) is 4.41. The quantitative estimate of drug-likeness (QED) is 0.224. The maximum absolute atomic E-state index is 10.9. The lowest BCUT2D eigenvalue weighted by Crippen LogP contribution is -2.37. The standard InChI is InChI=1S/C21H23N.C15H18O3/c1-16-8-11-18(12-9-16)15-22(3)21-14-20-7-5-4-6-19(20)13-10-17(21)2;1-4-5-6-7-12-8-10-13(11-9-12)18-15(2,3)14(16)17/h4-12,14H,13,15H2,1-3H3;1,8-11H,5-7H2,2-3H3,(H,16,17). The summed E-state index contributed by atoms with van der Waals surface area (Å²) in [4.78, 5) is 13.3. The Bertz CT molecular complexity index is 1370. The first kappa shape index (κ1) is 30.3. The second-order valence-corrected chi connectivity index (χ2v) is 10.8. The molecule has 208 valence electrons. The van der Waals surface area contributed by atoms with E-state index in [2.05, 4.69) is 92.4 Å². The molecule has 4 rings (SSSR count). The largest absolute Gasteiger partial charge is 0.478 e. The Balaban J connectivity index is 0.000000226. The van der Waals surface area contributed by atoms with Gasteiger partial charge in [0.25, 0.3) is 0 Å². The number of rotatable bonds is 9. The number of terminal acetylenes is 1. The minimum absolute atomic E-state index is 0.558. The van der Waals surface area contributed by atoms with Gasteiger partial charge in [0.2, 0.25) is 0 Å². The molecule has 3 aromatic rings. The van der Waals surface area contributed by atoms with Crippen molar-refractivity contribution in [1.29, 1.82) is 0 Å². The third kappa shape index (κ3) is 8.92. The summed E-state index contributed by atoms with van der Waals surface area (Å²) in [6, 6.07) is 24.9. The van der Waals surface area contributed by atoms with Gasteiger partial charge < -0.3 is 14.7 Å². The zero-order valence-corrected chi connectivity index (χ0v) is 24.4. The summed E-state index contributed by atoms with van der Waals surface area (Å²) in [7, 11) is 2.18. The number of hydrogen-bond donors (Lipinski definition) is 1. The normalized spacial score (nSPS) is 12.4. The number of unbranched alkanes of at least 4 members (excludes halogenated alkanes) is 1. The molecule has 0 atom stereocenters. The molecule has 1 aliphatic carbocycles. The maximum atomic E-state index is 10.9. The number of ether oxygens (including phenoxy) is 1. The maximum Gasteiger partial charge on any atom is 0.347 e. The van der Waals surface area contributed by atoms with E-state index in [-0.39, 0.29) is 0 Å². The van der Waals surface area contributed by atoms with Crippen LogP contribution < -0.4 is 4.74 Å². The predicted octanol–water partition coefficient (Wildman–Crippen LogP) is 7.85. The lowest BCUT2D eigenvalue weighted by molar-refractivity contribution is -0.152. The van der Waals surface area contributed by atoms with Crippen LogP contribution in [-0.2, 0) is 24.2 Å². The van der Waals surface area contributed by atoms with Crippen molar-refractivity contribution in [3.8, 4) is 18.1 Å². The van der Waals surface area contributed by atoms with Crippen molar-refractivity contribution in [3.05, 3.63) is 118 Å². The minimum atomic E-state index is -1.22. The number of fused-ring (bicyclic) bond motifs is 1. The molecule has 0 aliphatic heterocycles. The highest BCUT2D eigenvalue weighted by molar-refractivity contribution is 5.76. The van der Waals surface area contributed by atoms with Gasteiger partial charge in [-0.2, -0.15) is 0 Å². The van der Waals surface area contributed by atoms with Crippen LogP contribution in [-0.4, -0.2) is 28.6 Å². The highest BCUT2D eigenvalue weighted by atomic mass is 16.5.